The second-order valence-corrected chi connectivity index (χ2v) is 5.51. The van der Waals surface area contributed by atoms with Gasteiger partial charge in [-0.1, -0.05) is 24.3 Å². The third kappa shape index (κ3) is 3.88. The zero-order chi connectivity index (χ0) is 13.7. The maximum Gasteiger partial charge on any atom is 0.176 e. The number of hydrogen-bond donors (Lipinski definition) is 1. The van der Waals surface area contributed by atoms with Crippen molar-refractivity contribution in [3.05, 3.63) is 35.4 Å². The molecule has 1 fully saturated rings. The fraction of sp³-hybridized carbons (Fsp3) is 0.562. The molecule has 1 N–H and O–H groups in total. The van der Waals surface area contributed by atoms with Gasteiger partial charge in [0.2, 0.25) is 0 Å². The molecule has 0 amide bonds. The lowest BCUT2D eigenvalue weighted by atomic mass is 9.91. The van der Waals surface area contributed by atoms with E-state index in [0.29, 0.717) is 12.5 Å². The number of likely N-dealkylation sites (tertiary alicyclic amines) is 1. The van der Waals surface area contributed by atoms with Crippen LogP contribution in [0.1, 0.15) is 41.1 Å². The normalized spacial score (nSPS) is 21.1. The minimum Gasteiger partial charge on any atom is -0.313 e. The van der Waals surface area contributed by atoms with Crippen LogP contribution in [0.5, 0.6) is 0 Å². The Morgan fingerprint density at radius 3 is 2.68 bits per heavy atom. The van der Waals surface area contributed by atoms with Crippen molar-refractivity contribution in [2.45, 2.75) is 25.2 Å². The largest absolute Gasteiger partial charge is 0.313 e. The van der Waals surface area contributed by atoms with E-state index in [1.807, 2.05) is 12.1 Å². The quantitative estimate of drug-likeness (QED) is 0.843. The number of nitrogens with one attached hydrogen (secondary N) is 1. The fourth-order valence-electron chi connectivity index (χ4n) is 2.78. The summed E-state index contributed by atoms with van der Waals surface area (Å²) < 4.78 is 0. The Balaban J connectivity index is 2.03. The summed E-state index contributed by atoms with van der Waals surface area (Å²) >= 11 is 0. The summed E-state index contributed by atoms with van der Waals surface area (Å²) in [5, 5.41) is 2.90. The Hall–Kier alpha value is -1.19. The lowest BCUT2D eigenvalue weighted by molar-refractivity contribution is 0.0993. The molecule has 1 aliphatic rings. The van der Waals surface area contributed by atoms with Crippen molar-refractivity contribution in [1.29, 1.82) is 0 Å². The van der Waals surface area contributed by atoms with Gasteiger partial charge in [-0.25, -0.2) is 0 Å². The molecule has 0 aromatic heterocycles. The Kier molecular flexibility index (Phi) is 5.11. The van der Waals surface area contributed by atoms with Crippen molar-refractivity contribution in [3.8, 4) is 0 Å². The van der Waals surface area contributed by atoms with E-state index in [-0.39, 0.29) is 5.78 Å². The van der Waals surface area contributed by atoms with Crippen molar-refractivity contribution in [2.75, 3.05) is 33.7 Å². The summed E-state index contributed by atoms with van der Waals surface area (Å²) in [5.74, 6) is 0.813. The molecule has 0 spiro atoms. The summed E-state index contributed by atoms with van der Waals surface area (Å²) in [7, 11) is 4.00. The number of Topliss-reactive ketones (excluding diaryl/α,β-unsaturated/α-hetero) is 1. The molecule has 1 heterocycles. The first-order valence-electron chi connectivity index (χ1n) is 7.17. The average molecular weight is 260 g/mol. The molecule has 1 saturated heterocycles. The van der Waals surface area contributed by atoms with Gasteiger partial charge in [0.15, 0.2) is 5.78 Å². The van der Waals surface area contributed by atoms with Gasteiger partial charge in [0.1, 0.15) is 0 Å². The van der Waals surface area contributed by atoms with Gasteiger partial charge in [-0.15, -0.1) is 0 Å². The van der Waals surface area contributed by atoms with Gasteiger partial charge < -0.3 is 10.2 Å². The number of rotatable bonds is 4. The van der Waals surface area contributed by atoms with Gasteiger partial charge in [0.25, 0.3) is 0 Å². The summed E-state index contributed by atoms with van der Waals surface area (Å²) in [6.07, 6.45) is 3.75. The van der Waals surface area contributed by atoms with E-state index in [1.165, 1.54) is 37.9 Å². The van der Waals surface area contributed by atoms with Crippen LogP contribution < -0.4 is 5.32 Å². The molecule has 0 saturated carbocycles. The highest BCUT2D eigenvalue weighted by atomic mass is 16.1. The molecular formula is C16H24N2O. The first-order chi connectivity index (χ1) is 9.20. The Bertz CT molecular complexity index is 413. The summed E-state index contributed by atoms with van der Waals surface area (Å²) in [5.41, 5.74) is 2.19. The van der Waals surface area contributed by atoms with Gasteiger partial charge in [-0.3, -0.25) is 4.79 Å². The number of carbonyl (C=O) groups excluding carboxylic acids is 1. The second kappa shape index (κ2) is 6.83. The third-order valence-electron chi connectivity index (χ3n) is 3.99. The zero-order valence-electron chi connectivity index (χ0n) is 12.0. The van der Waals surface area contributed by atoms with Crippen LogP contribution in [0.3, 0.4) is 0 Å². The molecule has 104 valence electrons. The number of ketones is 1. The van der Waals surface area contributed by atoms with Crippen molar-refractivity contribution >= 4 is 5.78 Å². The van der Waals surface area contributed by atoms with E-state index in [9.17, 15) is 4.79 Å². The van der Waals surface area contributed by atoms with Crippen molar-refractivity contribution < 1.29 is 4.79 Å². The van der Waals surface area contributed by atoms with E-state index >= 15 is 0 Å². The number of nitrogens with zero attached hydrogens (tertiary/aromatic N) is 1. The monoisotopic (exact) mass is 260 g/mol. The Morgan fingerprint density at radius 2 is 2.00 bits per heavy atom. The second-order valence-electron chi connectivity index (χ2n) is 5.51. The summed E-state index contributed by atoms with van der Waals surface area (Å²) in [6, 6.07) is 8.23. The Morgan fingerprint density at radius 1 is 1.26 bits per heavy atom. The predicted octanol–water partition coefficient (Wildman–Crippen LogP) is 2.29. The van der Waals surface area contributed by atoms with Crippen molar-refractivity contribution in [2.24, 2.45) is 0 Å². The van der Waals surface area contributed by atoms with Gasteiger partial charge in [0.05, 0.1) is 6.54 Å². The molecule has 0 aliphatic carbocycles. The molecule has 3 nitrogen and oxygen atoms in total. The first kappa shape index (κ1) is 14.2. The van der Waals surface area contributed by atoms with E-state index in [4.69, 9.17) is 0 Å². The van der Waals surface area contributed by atoms with Crippen LogP contribution in [0.2, 0.25) is 0 Å². The number of carbonyl (C=O) groups is 1. The molecule has 1 aromatic carbocycles. The maximum absolute atomic E-state index is 11.8. The minimum absolute atomic E-state index is 0.162. The minimum atomic E-state index is 0.162. The maximum atomic E-state index is 11.8. The van der Waals surface area contributed by atoms with Crippen LogP contribution in [0.25, 0.3) is 0 Å². The topological polar surface area (TPSA) is 32.3 Å². The lowest BCUT2D eigenvalue weighted by Crippen LogP contribution is -2.19. The highest BCUT2D eigenvalue weighted by Crippen LogP contribution is 2.27. The average Bonchev–Trinajstić information content (AvgIpc) is 2.64. The molecule has 1 aliphatic heterocycles. The zero-order valence-corrected chi connectivity index (χ0v) is 12.0. The predicted molar refractivity (Wildman–Crippen MR) is 78.8 cm³/mol. The van der Waals surface area contributed by atoms with Gasteiger partial charge in [-0.05, 0) is 57.9 Å². The van der Waals surface area contributed by atoms with Crippen molar-refractivity contribution in [1.82, 2.24) is 10.2 Å². The van der Waals surface area contributed by atoms with Crippen LogP contribution in [-0.2, 0) is 0 Å². The van der Waals surface area contributed by atoms with Gasteiger partial charge >= 0.3 is 0 Å². The van der Waals surface area contributed by atoms with Gasteiger partial charge in [0, 0.05) is 5.56 Å². The third-order valence-corrected chi connectivity index (χ3v) is 3.99. The van der Waals surface area contributed by atoms with E-state index < -0.39 is 0 Å². The highest BCUT2D eigenvalue weighted by molar-refractivity contribution is 5.97. The number of hydrogen-bond acceptors (Lipinski definition) is 3. The fourth-order valence-corrected chi connectivity index (χ4v) is 2.78. The van der Waals surface area contributed by atoms with Crippen LogP contribution in [-0.4, -0.2) is 44.4 Å². The smallest absolute Gasteiger partial charge is 0.176 e. The van der Waals surface area contributed by atoms with Crippen LogP contribution in [0.15, 0.2) is 24.3 Å². The highest BCUT2D eigenvalue weighted by Gasteiger charge is 2.16. The molecule has 1 aromatic rings. The SMILES string of the molecule is CNCC(=O)c1ccc(C2CCCN(C)CC2)cc1. The molecule has 3 heteroatoms. The van der Waals surface area contributed by atoms with Crippen LogP contribution in [0.4, 0.5) is 0 Å². The molecule has 0 radical (unpaired) electrons. The molecule has 19 heavy (non-hydrogen) atoms. The lowest BCUT2D eigenvalue weighted by Gasteiger charge is -2.15. The van der Waals surface area contributed by atoms with E-state index in [1.54, 1.807) is 7.05 Å². The van der Waals surface area contributed by atoms with Crippen LogP contribution >= 0.6 is 0 Å². The number of likely N-dealkylation sites (N-methyl/N-ethyl adjacent to an activating group) is 1. The molecule has 1 unspecified atom stereocenters. The summed E-state index contributed by atoms with van der Waals surface area (Å²) in [4.78, 5) is 14.2. The molecular weight excluding hydrogens is 236 g/mol. The summed E-state index contributed by atoms with van der Waals surface area (Å²) in [6.45, 7) is 2.79. The van der Waals surface area contributed by atoms with E-state index in [2.05, 4.69) is 29.4 Å². The van der Waals surface area contributed by atoms with Crippen LogP contribution in [0, 0.1) is 0 Å². The standard InChI is InChI=1S/C16H24N2O/c1-17-12-16(19)15-7-5-14(6-8-15)13-4-3-10-18(2)11-9-13/h5-8,13,17H,3-4,9-12H2,1-2H3. The first-order valence-corrected chi connectivity index (χ1v) is 7.17. The number of benzene rings is 1. The molecule has 1 atom stereocenters. The molecule has 0 bridgehead atoms. The van der Waals surface area contributed by atoms with E-state index in [0.717, 1.165) is 5.56 Å². The Labute approximate surface area is 116 Å². The van der Waals surface area contributed by atoms with Crippen molar-refractivity contribution in [3.63, 3.8) is 0 Å². The molecule has 2 rings (SSSR count). The van der Waals surface area contributed by atoms with Gasteiger partial charge in [-0.2, -0.15) is 0 Å².